The van der Waals surface area contributed by atoms with Crippen LogP contribution in [-0.2, 0) is 0 Å². The molecule has 2 heterocycles. The van der Waals surface area contributed by atoms with Crippen molar-refractivity contribution >= 4 is 17.9 Å². The highest BCUT2D eigenvalue weighted by atomic mass is 15.2. The summed E-state index contributed by atoms with van der Waals surface area (Å²) in [5.74, 6) is 2.02. The zero-order valence-corrected chi connectivity index (χ0v) is 38.9. The quantitative estimate of drug-likeness (QED) is 0.129. The number of nitrogens with zero attached hydrogens (tertiary/aromatic N) is 2. The predicted octanol–water partition coefficient (Wildman–Crippen LogP) is 14.9. The Labute approximate surface area is 394 Å². The summed E-state index contributed by atoms with van der Waals surface area (Å²) < 4.78 is 0. The SMILES string of the molecule is CC(C)(C1C=CC=CC1)C1C=C2C3=C(C1)N(C1=CCC(c4ccccc4)C=C1)c1ccc(-c4ccccc4)cc1B3C1CC(c3ccccc3)C=CC1N2C1CC=C(C2=CC=CCC2)CC1. The van der Waals surface area contributed by atoms with Crippen LogP contribution < -0.4 is 10.4 Å². The molecular formula is C63H63BN2. The van der Waals surface area contributed by atoms with E-state index in [2.05, 4.69) is 218 Å². The van der Waals surface area contributed by atoms with Crippen LogP contribution in [0.3, 0.4) is 0 Å². The van der Waals surface area contributed by atoms with Crippen LogP contribution >= 0.6 is 0 Å². The lowest BCUT2D eigenvalue weighted by Crippen LogP contribution is -2.62. The molecule has 3 heteroatoms. The first kappa shape index (κ1) is 41.4. The van der Waals surface area contributed by atoms with E-state index in [0.29, 0.717) is 41.6 Å². The van der Waals surface area contributed by atoms with Crippen molar-refractivity contribution in [1.29, 1.82) is 0 Å². The van der Waals surface area contributed by atoms with Crippen molar-refractivity contribution in [3.63, 3.8) is 0 Å². The number of allylic oxidation sites excluding steroid dienone is 16. The van der Waals surface area contributed by atoms with Gasteiger partial charge in [-0.25, -0.2) is 0 Å². The van der Waals surface area contributed by atoms with E-state index in [4.69, 9.17) is 0 Å². The number of anilines is 1. The van der Waals surface area contributed by atoms with Crippen LogP contribution in [0.2, 0.25) is 5.82 Å². The summed E-state index contributed by atoms with van der Waals surface area (Å²) in [4.78, 5) is 5.80. The first-order valence-corrected chi connectivity index (χ1v) is 25.3. The summed E-state index contributed by atoms with van der Waals surface area (Å²) in [6.45, 7) is 5.43. The van der Waals surface area contributed by atoms with E-state index in [1.807, 2.05) is 0 Å². The monoisotopic (exact) mass is 859 g/mol. The van der Waals surface area contributed by atoms with E-state index in [9.17, 15) is 0 Å². The molecule has 0 bridgehead atoms. The zero-order chi connectivity index (χ0) is 44.2. The van der Waals surface area contributed by atoms with Gasteiger partial charge in [0.1, 0.15) is 0 Å². The van der Waals surface area contributed by atoms with Crippen LogP contribution in [0.25, 0.3) is 11.1 Å². The number of rotatable bonds is 8. The largest absolute Gasteiger partial charge is 0.363 e. The Balaban J connectivity index is 1.06. The van der Waals surface area contributed by atoms with Crippen molar-refractivity contribution in [2.24, 2.45) is 17.3 Å². The molecule has 1 saturated heterocycles. The molecule has 0 radical (unpaired) electrons. The molecule has 12 rings (SSSR count). The first-order valence-electron chi connectivity index (χ1n) is 25.3. The molecule has 7 unspecified atom stereocenters. The number of hydrogen-bond acceptors (Lipinski definition) is 2. The molecule has 2 nitrogen and oxygen atoms in total. The maximum atomic E-state index is 3.02. The average Bonchev–Trinajstić information content (AvgIpc) is 3.39. The minimum Gasteiger partial charge on any atom is -0.363 e. The van der Waals surface area contributed by atoms with Crippen LogP contribution in [0.1, 0.15) is 94.6 Å². The van der Waals surface area contributed by atoms with Gasteiger partial charge in [-0.15, -0.1) is 0 Å². The van der Waals surface area contributed by atoms with Gasteiger partial charge >= 0.3 is 0 Å². The zero-order valence-electron chi connectivity index (χ0n) is 38.9. The van der Waals surface area contributed by atoms with Crippen LogP contribution in [0, 0.1) is 17.3 Å². The van der Waals surface area contributed by atoms with E-state index < -0.39 is 0 Å². The lowest BCUT2D eigenvalue weighted by atomic mass is 9.26. The molecular weight excluding hydrogens is 796 g/mol. The van der Waals surface area contributed by atoms with E-state index >= 15 is 0 Å². The summed E-state index contributed by atoms with van der Waals surface area (Å²) in [5, 5.41) is 0. The highest BCUT2D eigenvalue weighted by Crippen LogP contribution is 2.57. The lowest BCUT2D eigenvalue weighted by Gasteiger charge is -2.58. The fourth-order valence-electron chi connectivity index (χ4n) is 13.4. The fraction of sp³-hybridized carbons (Fsp3) is 0.302. The number of benzene rings is 4. The van der Waals surface area contributed by atoms with Crippen molar-refractivity contribution < 1.29 is 0 Å². The van der Waals surface area contributed by atoms with Gasteiger partial charge in [0.15, 0.2) is 0 Å². The molecule has 0 spiro atoms. The van der Waals surface area contributed by atoms with Gasteiger partial charge in [-0.1, -0.05) is 196 Å². The highest BCUT2D eigenvalue weighted by Gasteiger charge is 2.55. The predicted molar refractivity (Wildman–Crippen MR) is 279 cm³/mol. The summed E-state index contributed by atoms with van der Waals surface area (Å²) in [5.41, 5.74) is 17.5. The second-order valence-electron chi connectivity index (χ2n) is 20.9. The summed E-state index contributed by atoms with van der Waals surface area (Å²) in [6.07, 6.45) is 44.8. The van der Waals surface area contributed by atoms with E-state index in [1.54, 1.807) is 22.3 Å². The van der Waals surface area contributed by atoms with Crippen LogP contribution in [-0.4, -0.2) is 23.7 Å². The standard InChI is InChI=1S/C63H63BN2/c1-63(2,52-26-16-7-17-27-52)53-42-60-62-61(43-53)66(55-36-30-49(31-37-55)45-20-10-4-11-21-45)59-39-33-51(47-24-14-6-15-25-47)41-57(59)64(62)56-40-50(46-22-12-5-13-23-46)32-38-58(56)65(60)54-34-28-48(29-35-54)44-18-8-3-9-19-44/h3-10,12-20,22-26,28,30,32-35,38-40,43,48,51-53,55,57,59H,11,21,27,29,31,36-37,41-42H2,1-2H3. The topological polar surface area (TPSA) is 6.48 Å². The van der Waals surface area contributed by atoms with Crippen molar-refractivity contribution in [1.82, 2.24) is 4.90 Å². The Bertz CT molecular complexity index is 2810. The summed E-state index contributed by atoms with van der Waals surface area (Å²) in [7, 11) is 0. The van der Waals surface area contributed by atoms with E-state index in [-0.39, 0.29) is 12.1 Å². The van der Waals surface area contributed by atoms with Gasteiger partial charge in [-0.2, -0.15) is 0 Å². The average molecular weight is 859 g/mol. The van der Waals surface area contributed by atoms with Gasteiger partial charge in [0, 0.05) is 46.7 Å². The Morgan fingerprint density at radius 1 is 0.652 bits per heavy atom. The van der Waals surface area contributed by atoms with Gasteiger partial charge in [0.25, 0.3) is 0 Å². The fourth-order valence-corrected chi connectivity index (χ4v) is 13.4. The highest BCUT2D eigenvalue weighted by molar-refractivity contribution is 6.84. The van der Waals surface area contributed by atoms with Crippen molar-refractivity contribution in [3.8, 4) is 11.1 Å². The molecule has 8 aliphatic rings. The smallest absolute Gasteiger partial charge is 0.222 e. The molecule has 7 atom stereocenters. The molecule has 6 aliphatic carbocycles. The third kappa shape index (κ3) is 7.34. The van der Waals surface area contributed by atoms with Crippen molar-refractivity contribution in [3.05, 3.63) is 239 Å². The Morgan fingerprint density at radius 3 is 2.14 bits per heavy atom. The molecule has 0 saturated carbocycles. The molecule has 328 valence electrons. The molecule has 4 aromatic rings. The van der Waals surface area contributed by atoms with Gasteiger partial charge < -0.3 is 9.80 Å². The Morgan fingerprint density at radius 2 is 1.44 bits per heavy atom. The minimum absolute atomic E-state index is 0.0462. The first-order chi connectivity index (χ1) is 32.5. The molecule has 0 amide bonds. The minimum atomic E-state index is 0.0462. The molecule has 1 fully saturated rings. The molecule has 0 aromatic heterocycles. The maximum Gasteiger partial charge on any atom is 0.222 e. The lowest BCUT2D eigenvalue weighted by molar-refractivity contribution is 0.154. The number of fused-ring (bicyclic) bond motifs is 4. The van der Waals surface area contributed by atoms with Crippen LogP contribution in [0.5, 0.6) is 0 Å². The third-order valence-corrected chi connectivity index (χ3v) is 17.1. The van der Waals surface area contributed by atoms with Gasteiger partial charge in [0.05, 0.1) is 0 Å². The number of hydrogen-bond donors (Lipinski definition) is 0. The third-order valence-electron chi connectivity index (χ3n) is 17.1. The van der Waals surface area contributed by atoms with Crippen molar-refractivity contribution in [2.45, 2.75) is 101 Å². The van der Waals surface area contributed by atoms with Crippen molar-refractivity contribution in [2.75, 3.05) is 4.90 Å². The maximum absolute atomic E-state index is 3.02. The van der Waals surface area contributed by atoms with Gasteiger partial charge in [0.2, 0.25) is 6.71 Å². The van der Waals surface area contributed by atoms with E-state index in [1.165, 1.54) is 57.6 Å². The Hall–Kier alpha value is -6.06. The molecule has 0 N–H and O–H groups in total. The Kier molecular flexibility index (Phi) is 10.8. The second kappa shape index (κ2) is 17.3. The van der Waals surface area contributed by atoms with Gasteiger partial charge in [-0.3, -0.25) is 0 Å². The van der Waals surface area contributed by atoms with E-state index in [0.717, 1.165) is 44.9 Å². The van der Waals surface area contributed by atoms with Gasteiger partial charge in [-0.05, 0) is 137 Å². The second-order valence-corrected chi connectivity index (χ2v) is 20.9. The van der Waals surface area contributed by atoms with Crippen LogP contribution in [0.15, 0.2) is 228 Å². The summed E-state index contributed by atoms with van der Waals surface area (Å²) >= 11 is 0. The molecule has 4 aromatic carbocycles. The van der Waals surface area contributed by atoms with Crippen LogP contribution in [0.4, 0.5) is 5.69 Å². The molecule has 66 heavy (non-hydrogen) atoms. The normalized spacial score (nSPS) is 27.7. The summed E-state index contributed by atoms with van der Waals surface area (Å²) in [6, 6.07) is 41.9. The molecule has 2 aliphatic heterocycles.